The van der Waals surface area contributed by atoms with Gasteiger partial charge in [0.25, 0.3) is 0 Å². The Hall–Kier alpha value is -2.27. The van der Waals surface area contributed by atoms with Gasteiger partial charge in [-0.2, -0.15) is 0 Å². The molecule has 5 heteroatoms. The van der Waals surface area contributed by atoms with E-state index in [9.17, 15) is 9.59 Å². The van der Waals surface area contributed by atoms with Crippen molar-refractivity contribution >= 4 is 35.0 Å². The van der Waals surface area contributed by atoms with E-state index >= 15 is 0 Å². The summed E-state index contributed by atoms with van der Waals surface area (Å²) in [4.78, 5) is 29.4. The lowest BCUT2D eigenvalue weighted by atomic mass is 10.0. The van der Waals surface area contributed by atoms with Gasteiger partial charge in [-0.3, -0.25) is 9.59 Å². The van der Waals surface area contributed by atoms with Crippen LogP contribution in [0, 0.1) is 0 Å². The fourth-order valence-corrected chi connectivity index (χ4v) is 3.74. The van der Waals surface area contributed by atoms with Gasteiger partial charge in [0.05, 0.1) is 11.4 Å². The Morgan fingerprint density at radius 1 is 1.20 bits per heavy atom. The minimum atomic E-state index is -0.101. The van der Waals surface area contributed by atoms with Crippen molar-refractivity contribution in [3.8, 4) is 0 Å². The summed E-state index contributed by atoms with van der Waals surface area (Å²) < 4.78 is 0. The quantitative estimate of drug-likeness (QED) is 0.836. The first-order valence-corrected chi connectivity index (χ1v) is 9.34. The number of hydrogen-bond acceptors (Lipinski definition) is 3. The highest BCUT2D eigenvalue weighted by atomic mass is 32.2. The maximum Gasteiger partial charge on any atom is 0.246 e. The Morgan fingerprint density at radius 2 is 1.96 bits per heavy atom. The van der Waals surface area contributed by atoms with Crippen LogP contribution in [0.3, 0.4) is 0 Å². The third kappa shape index (κ3) is 3.71. The molecule has 2 aromatic rings. The zero-order valence-corrected chi connectivity index (χ0v) is 15.5. The molecule has 0 unspecified atom stereocenters. The normalized spacial score (nSPS) is 13.8. The summed E-state index contributed by atoms with van der Waals surface area (Å²) in [5.41, 5.74) is 2.86. The number of nitrogens with zero attached hydrogens (tertiary/aromatic N) is 2. The first-order valence-electron chi connectivity index (χ1n) is 8.36. The van der Waals surface area contributed by atoms with Crippen LogP contribution in [0.2, 0.25) is 0 Å². The van der Waals surface area contributed by atoms with Crippen molar-refractivity contribution in [1.29, 1.82) is 0 Å². The van der Waals surface area contributed by atoms with E-state index in [1.165, 1.54) is 17.3 Å². The fraction of sp³-hybridized carbons (Fsp3) is 0.300. The first-order chi connectivity index (χ1) is 12.0. The van der Waals surface area contributed by atoms with Crippen molar-refractivity contribution < 1.29 is 9.59 Å². The van der Waals surface area contributed by atoms with E-state index in [-0.39, 0.29) is 18.4 Å². The topological polar surface area (TPSA) is 40.6 Å². The number of hydrogen-bond donors (Lipinski definition) is 0. The molecule has 0 atom stereocenters. The maximum atomic E-state index is 12.8. The summed E-state index contributed by atoms with van der Waals surface area (Å²) in [6.45, 7) is 4.31. The Kier molecular flexibility index (Phi) is 5.13. The van der Waals surface area contributed by atoms with Crippen molar-refractivity contribution in [3.63, 3.8) is 0 Å². The molecule has 25 heavy (non-hydrogen) atoms. The number of anilines is 2. The molecule has 0 fully saturated rings. The molecular weight excluding hydrogens is 332 g/mol. The molecule has 1 heterocycles. The predicted octanol–water partition coefficient (Wildman–Crippen LogP) is 3.91. The standard InChI is InChI=1S/C20H22N2O2S/c1-14(2)15-7-6-8-16(11-15)21(3)19(23)12-22-17-9-4-5-10-18(17)25-13-20(22)24/h4-11,14H,12-13H2,1-3H3. The molecule has 3 rings (SSSR count). The lowest BCUT2D eigenvalue weighted by molar-refractivity contribution is -0.121. The summed E-state index contributed by atoms with van der Waals surface area (Å²) in [5.74, 6) is 0.644. The van der Waals surface area contributed by atoms with Crippen molar-refractivity contribution in [2.24, 2.45) is 0 Å². The molecular formula is C20H22N2O2S. The highest BCUT2D eigenvalue weighted by Crippen LogP contribution is 2.34. The van der Waals surface area contributed by atoms with E-state index in [2.05, 4.69) is 19.9 Å². The number of thioether (sulfide) groups is 1. The number of rotatable bonds is 4. The molecule has 0 saturated carbocycles. The van der Waals surface area contributed by atoms with Crippen LogP contribution >= 0.6 is 11.8 Å². The Labute approximate surface area is 152 Å². The van der Waals surface area contributed by atoms with E-state index in [4.69, 9.17) is 0 Å². The van der Waals surface area contributed by atoms with Gasteiger partial charge in [-0.25, -0.2) is 0 Å². The zero-order chi connectivity index (χ0) is 18.0. The molecule has 0 aromatic heterocycles. The van der Waals surface area contributed by atoms with Gasteiger partial charge in [-0.05, 0) is 35.7 Å². The number of fused-ring (bicyclic) bond motifs is 1. The summed E-state index contributed by atoms with van der Waals surface area (Å²) in [5, 5.41) is 0. The molecule has 2 amide bonds. The molecule has 130 valence electrons. The second-order valence-corrected chi connectivity index (χ2v) is 7.46. The Morgan fingerprint density at radius 3 is 2.72 bits per heavy atom. The van der Waals surface area contributed by atoms with Crippen molar-refractivity contribution in [2.75, 3.05) is 29.1 Å². The molecule has 0 radical (unpaired) electrons. The van der Waals surface area contributed by atoms with Gasteiger partial charge < -0.3 is 9.80 Å². The summed E-state index contributed by atoms with van der Waals surface area (Å²) in [6.07, 6.45) is 0. The molecule has 0 N–H and O–H groups in total. The average Bonchev–Trinajstić information content (AvgIpc) is 2.63. The van der Waals surface area contributed by atoms with E-state index in [1.54, 1.807) is 16.8 Å². The van der Waals surface area contributed by atoms with Gasteiger partial charge in [0.2, 0.25) is 11.8 Å². The van der Waals surface area contributed by atoms with E-state index in [1.807, 2.05) is 42.5 Å². The monoisotopic (exact) mass is 354 g/mol. The highest BCUT2D eigenvalue weighted by molar-refractivity contribution is 8.00. The van der Waals surface area contributed by atoms with Crippen LogP contribution < -0.4 is 9.80 Å². The van der Waals surface area contributed by atoms with Gasteiger partial charge in [0, 0.05) is 17.6 Å². The smallest absolute Gasteiger partial charge is 0.246 e. The molecule has 0 spiro atoms. The molecule has 1 aliphatic rings. The predicted molar refractivity (Wildman–Crippen MR) is 103 cm³/mol. The maximum absolute atomic E-state index is 12.8. The molecule has 4 nitrogen and oxygen atoms in total. The number of carbonyl (C=O) groups is 2. The van der Waals surface area contributed by atoms with E-state index in [0.29, 0.717) is 11.7 Å². The lowest BCUT2D eigenvalue weighted by Crippen LogP contribution is -2.44. The summed E-state index contributed by atoms with van der Waals surface area (Å²) >= 11 is 1.52. The molecule has 1 aliphatic heterocycles. The third-order valence-corrected chi connectivity index (χ3v) is 5.45. The highest BCUT2D eigenvalue weighted by Gasteiger charge is 2.27. The fourth-order valence-electron chi connectivity index (χ4n) is 2.81. The number of likely N-dealkylation sites (N-methyl/N-ethyl adjacent to an activating group) is 1. The largest absolute Gasteiger partial charge is 0.314 e. The molecule has 0 bridgehead atoms. The average molecular weight is 354 g/mol. The molecule has 0 saturated heterocycles. The number of amides is 2. The van der Waals surface area contributed by atoms with Crippen LogP contribution in [0.5, 0.6) is 0 Å². The Bertz CT molecular complexity index is 804. The lowest BCUT2D eigenvalue weighted by Gasteiger charge is -2.30. The van der Waals surface area contributed by atoms with Gasteiger partial charge in [0.1, 0.15) is 6.54 Å². The second kappa shape index (κ2) is 7.31. The molecule has 0 aliphatic carbocycles. The number of para-hydroxylation sites is 1. The molecule has 2 aromatic carbocycles. The number of carbonyl (C=O) groups excluding carboxylic acids is 2. The van der Waals surface area contributed by atoms with Crippen molar-refractivity contribution in [2.45, 2.75) is 24.7 Å². The minimum absolute atomic E-state index is 0.0265. The van der Waals surface area contributed by atoms with Gasteiger partial charge in [-0.15, -0.1) is 11.8 Å². The van der Waals surface area contributed by atoms with Crippen LogP contribution in [-0.4, -0.2) is 31.2 Å². The van der Waals surface area contributed by atoms with Crippen molar-refractivity contribution in [3.05, 3.63) is 54.1 Å². The van der Waals surface area contributed by atoms with Crippen LogP contribution in [0.25, 0.3) is 0 Å². The minimum Gasteiger partial charge on any atom is -0.314 e. The first kappa shape index (κ1) is 17.5. The van der Waals surface area contributed by atoms with Crippen LogP contribution in [0.4, 0.5) is 11.4 Å². The third-order valence-electron chi connectivity index (χ3n) is 4.40. The summed E-state index contributed by atoms with van der Waals surface area (Å²) in [6, 6.07) is 15.7. The van der Waals surface area contributed by atoms with Crippen LogP contribution in [0.15, 0.2) is 53.4 Å². The second-order valence-electron chi connectivity index (χ2n) is 6.44. The van der Waals surface area contributed by atoms with Crippen molar-refractivity contribution in [1.82, 2.24) is 0 Å². The zero-order valence-electron chi connectivity index (χ0n) is 14.7. The SMILES string of the molecule is CC(C)c1cccc(N(C)C(=O)CN2C(=O)CSc3ccccc32)c1. The van der Waals surface area contributed by atoms with E-state index < -0.39 is 0 Å². The van der Waals surface area contributed by atoms with Crippen LogP contribution in [-0.2, 0) is 9.59 Å². The number of benzene rings is 2. The van der Waals surface area contributed by atoms with Gasteiger partial charge >= 0.3 is 0 Å². The Balaban J connectivity index is 1.80. The van der Waals surface area contributed by atoms with Crippen LogP contribution in [0.1, 0.15) is 25.3 Å². The van der Waals surface area contributed by atoms with Gasteiger partial charge in [-0.1, -0.05) is 38.1 Å². The van der Waals surface area contributed by atoms with E-state index in [0.717, 1.165) is 16.3 Å². The van der Waals surface area contributed by atoms with Gasteiger partial charge in [0.15, 0.2) is 0 Å². The summed E-state index contributed by atoms with van der Waals surface area (Å²) in [7, 11) is 1.76.